The Hall–Kier alpha value is -2.30. The lowest BCUT2D eigenvalue weighted by molar-refractivity contribution is -0.132. The summed E-state index contributed by atoms with van der Waals surface area (Å²) in [6.07, 6.45) is 2.02. The number of nitrogens with zero attached hydrogens (tertiary/aromatic N) is 3. The van der Waals surface area contributed by atoms with Crippen LogP contribution < -0.4 is 4.72 Å². The highest BCUT2D eigenvalue weighted by Crippen LogP contribution is 2.33. The molecule has 0 radical (unpaired) electrons. The topological polar surface area (TPSA) is 105 Å². The van der Waals surface area contributed by atoms with Crippen LogP contribution in [0.4, 0.5) is 0 Å². The number of benzene rings is 1. The number of para-hydroxylation sites is 1. The third-order valence-electron chi connectivity index (χ3n) is 5.30. The highest BCUT2D eigenvalue weighted by Gasteiger charge is 2.28. The first kappa shape index (κ1) is 21.0. The number of nitrogens with one attached hydrogen (secondary N) is 1. The molecule has 30 heavy (non-hydrogen) atoms. The van der Waals surface area contributed by atoms with E-state index in [-0.39, 0.29) is 35.4 Å². The smallest absolute Gasteiger partial charge is 0.245 e. The van der Waals surface area contributed by atoms with Crippen LogP contribution in [-0.4, -0.2) is 49.0 Å². The second-order valence-corrected chi connectivity index (χ2v) is 10.3. The molecule has 3 aromatic rings. The molecule has 1 aliphatic heterocycles. The van der Waals surface area contributed by atoms with Crippen LogP contribution >= 0.6 is 11.3 Å². The van der Waals surface area contributed by atoms with E-state index < -0.39 is 10.0 Å². The van der Waals surface area contributed by atoms with E-state index in [0.29, 0.717) is 18.8 Å². The standard InChI is InChI=1S/C20H24N4O4S2/c1-13-19(14(2)28-23-13)30(26,27)21-10-9-18(25)24-11-5-6-15(12-24)20-22-16-7-3-4-8-17(16)29-20/h3-4,7-8,15,21H,5-6,9-12H2,1-2H3/t15-/m1/s1. The van der Waals surface area contributed by atoms with E-state index in [4.69, 9.17) is 9.51 Å². The molecule has 1 saturated heterocycles. The van der Waals surface area contributed by atoms with Crippen LogP contribution in [0.5, 0.6) is 0 Å². The van der Waals surface area contributed by atoms with Crippen molar-refractivity contribution in [3.05, 3.63) is 40.7 Å². The minimum Gasteiger partial charge on any atom is -0.360 e. The van der Waals surface area contributed by atoms with Crippen LogP contribution in [0.15, 0.2) is 33.7 Å². The number of sulfonamides is 1. The van der Waals surface area contributed by atoms with Gasteiger partial charge in [-0.05, 0) is 38.8 Å². The first-order valence-corrected chi connectivity index (χ1v) is 12.2. The lowest BCUT2D eigenvalue weighted by Crippen LogP contribution is -2.40. The van der Waals surface area contributed by atoms with Crippen molar-refractivity contribution >= 4 is 37.5 Å². The zero-order valence-electron chi connectivity index (χ0n) is 16.9. The molecule has 1 atom stereocenters. The molecular formula is C20H24N4O4S2. The molecule has 1 aliphatic rings. The van der Waals surface area contributed by atoms with Crippen LogP contribution in [-0.2, 0) is 14.8 Å². The number of rotatable bonds is 6. The second-order valence-electron chi connectivity index (χ2n) is 7.50. The van der Waals surface area contributed by atoms with Crippen molar-refractivity contribution in [1.82, 2.24) is 19.8 Å². The molecule has 0 aliphatic carbocycles. The fourth-order valence-electron chi connectivity index (χ4n) is 3.85. The Balaban J connectivity index is 1.35. The third kappa shape index (κ3) is 4.26. The molecule has 0 spiro atoms. The van der Waals surface area contributed by atoms with Gasteiger partial charge in [0.05, 0.1) is 15.2 Å². The number of aryl methyl sites for hydroxylation is 2. The van der Waals surface area contributed by atoms with Gasteiger partial charge in [0.15, 0.2) is 5.76 Å². The Bertz CT molecular complexity index is 1120. The zero-order valence-corrected chi connectivity index (χ0v) is 18.6. The van der Waals surface area contributed by atoms with Crippen molar-refractivity contribution in [1.29, 1.82) is 0 Å². The molecule has 0 unspecified atom stereocenters. The van der Waals surface area contributed by atoms with Crippen molar-refractivity contribution in [2.45, 2.75) is 43.9 Å². The molecule has 3 heterocycles. The van der Waals surface area contributed by atoms with E-state index in [2.05, 4.69) is 15.9 Å². The number of likely N-dealkylation sites (tertiary alicyclic amines) is 1. The van der Waals surface area contributed by atoms with Crippen molar-refractivity contribution in [3.8, 4) is 0 Å². The Morgan fingerprint density at radius 3 is 2.87 bits per heavy atom. The predicted octanol–water partition coefficient (Wildman–Crippen LogP) is 2.98. The zero-order chi connectivity index (χ0) is 21.3. The lowest BCUT2D eigenvalue weighted by atomic mass is 9.98. The summed E-state index contributed by atoms with van der Waals surface area (Å²) < 4.78 is 33.5. The van der Waals surface area contributed by atoms with Gasteiger partial charge in [-0.3, -0.25) is 4.79 Å². The van der Waals surface area contributed by atoms with Gasteiger partial charge in [-0.2, -0.15) is 0 Å². The molecular weight excluding hydrogens is 424 g/mol. The second kappa shape index (κ2) is 8.44. The van der Waals surface area contributed by atoms with Gasteiger partial charge in [0.2, 0.25) is 15.9 Å². The third-order valence-corrected chi connectivity index (χ3v) is 8.20. The van der Waals surface area contributed by atoms with Crippen molar-refractivity contribution in [2.75, 3.05) is 19.6 Å². The molecule has 0 bridgehead atoms. The summed E-state index contributed by atoms with van der Waals surface area (Å²) >= 11 is 1.68. The molecule has 2 aromatic heterocycles. The molecule has 1 aromatic carbocycles. The van der Waals surface area contributed by atoms with Gasteiger partial charge in [-0.15, -0.1) is 11.3 Å². The fraction of sp³-hybridized carbons (Fsp3) is 0.450. The number of thiazole rings is 1. The van der Waals surface area contributed by atoms with E-state index in [1.54, 1.807) is 25.2 Å². The fourth-order valence-corrected chi connectivity index (χ4v) is 6.30. The number of hydrogen-bond acceptors (Lipinski definition) is 7. The maximum atomic E-state index is 12.7. The van der Waals surface area contributed by atoms with Crippen LogP contribution in [0.3, 0.4) is 0 Å². The van der Waals surface area contributed by atoms with E-state index in [1.165, 1.54) is 0 Å². The highest BCUT2D eigenvalue weighted by molar-refractivity contribution is 7.89. The first-order chi connectivity index (χ1) is 14.3. The number of fused-ring (bicyclic) bond motifs is 1. The summed E-state index contributed by atoms with van der Waals surface area (Å²) in [4.78, 5) is 19.3. The highest BCUT2D eigenvalue weighted by atomic mass is 32.2. The molecule has 10 heteroatoms. The number of piperidine rings is 1. The Morgan fingerprint density at radius 1 is 1.33 bits per heavy atom. The van der Waals surface area contributed by atoms with Crippen LogP contribution in [0.2, 0.25) is 0 Å². The Morgan fingerprint density at radius 2 is 2.13 bits per heavy atom. The summed E-state index contributed by atoms with van der Waals surface area (Å²) in [5.74, 6) is 0.405. The SMILES string of the molecule is Cc1noc(C)c1S(=O)(=O)NCCC(=O)N1CCC[C@@H](c2nc3ccccc3s2)C1. The molecule has 1 N–H and O–H groups in total. The largest absolute Gasteiger partial charge is 0.360 e. The molecule has 4 rings (SSSR count). The van der Waals surface area contributed by atoms with Gasteiger partial charge in [-0.25, -0.2) is 18.1 Å². The number of hydrogen-bond donors (Lipinski definition) is 1. The molecule has 160 valence electrons. The van der Waals surface area contributed by atoms with Crippen molar-refractivity contribution < 1.29 is 17.7 Å². The van der Waals surface area contributed by atoms with Gasteiger partial charge in [0.25, 0.3) is 0 Å². The summed E-state index contributed by atoms with van der Waals surface area (Å²) in [5, 5.41) is 4.74. The quantitative estimate of drug-likeness (QED) is 0.621. The average molecular weight is 449 g/mol. The average Bonchev–Trinajstić information content (AvgIpc) is 3.31. The van der Waals surface area contributed by atoms with E-state index in [0.717, 1.165) is 28.1 Å². The van der Waals surface area contributed by atoms with E-state index >= 15 is 0 Å². The van der Waals surface area contributed by atoms with Gasteiger partial charge in [0.1, 0.15) is 10.6 Å². The summed E-state index contributed by atoms with van der Waals surface area (Å²) in [6.45, 7) is 4.47. The minimum absolute atomic E-state index is 0.0352. The maximum absolute atomic E-state index is 12.7. The number of amides is 1. The molecule has 1 fully saturated rings. The van der Waals surface area contributed by atoms with Gasteiger partial charge in [0, 0.05) is 32.0 Å². The first-order valence-electron chi connectivity index (χ1n) is 9.91. The van der Waals surface area contributed by atoms with Gasteiger partial charge >= 0.3 is 0 Å². The van der Waals surface area contributed by atoms with Gasteiger partial charge in [-0.1, -0.05) is 17.3 Å². The summed E-state index contributed by atoms with van der Waals surface area (Å²) in [6, 6.07) is 8.05. The predicted molar refractivity (Wildman–Crippen MR) is 114 cm³/mol. The molecule has 1 amide bonds. The molecule has 8 nitrogen and oxygen atoms in total. The van der Waals surface area contributed by atoms with Gasteiger partial charge < -0.3 is 9.42 Å². The summed E-state index contributed by atoms with van der Waals surface area (Å²) in [7, 11) is -3.76. The maximum Gasteiger partial charge on any atom is 0.245 e. The van der Waals surface area contributed by atoms with Crippen LogP contribution in [0.25, 0.3) is 10.2 Å². The monoisotopic (exact) mass is 448 g/mol. The van der Waals surface area contributed by atoms with Crippen molar-refractivity contribution in [2.24, 2.45) is 0 Å². The molecule has 0 saturated carbocycles. The number of aromatic nitrogens is 2. The van der Waals surface area contributed by atoms with E-state index in [9.17, 15) is 13.2 Å². The lowest BCUT2D eigenvalue weighted by Gasteiger charge is -2.32. The Kier molecular flexibility index (Phi) is 5.90. The summed E-state index contributed by atoms with van der Waals surface area (Å²) in [5.41, 5.74) is 1.30. The van der Waals surface area contributed by atoms with Crippen LogP contribution in [0.1, 0.15) is 41.6 Å². The Labute approximate surface area is 179 Å². The number of carbonyl (C=O) groups excluding carboxylic acids is 1. The minimum atomic E-state index is -3.76. The van der Waals surface area contributed by atoms with Crippen LogP contribution in [0, 0.1) is 13.8 Å². The van der Waals surface area contributed by atoms with E-state index in [1.807, 2.05) is 23.1 Å². The normalized spacial score (nSPS) is 17.5. The van der Waals surface area contributed by atoms with Crippen molar-refractivity contribution in [3.63, 3.8) is 0 Å². The number of carbonyl (C=O) groups is 1.